The highest BCUT2D eigenvalue weighted by Gasteiger charge is 2.27. The average Bonchev–Trinajstić information content (AvgIpc) is 2.61. The quantitative estimate of drug-likeness (QED) is 0.808. The van der Waals surface area contributed by atoms with Gasteiger partial charge in [-0.3, -0.25) is 14.4 Å². The lowest BCUT2D eigenvalue weighted by Gasteiger charge is -2.34. The zero-order valence-corrected chi connectivity index (χ0v) is 18.2. The van der Waals surface area contributed by atoms with Crippen LogP contribution in [0.5, 0.6) is 5.75 Å². The van der Waals surface area contributed by atoms with E-state index in [4.69, 9.17) is 9.47 Å². The molecule has 0 fully saturated rings. The Morgan fingerprint density at radius 2 is 1.89 bits per heavy atom. The molecule has 0 spiro atoms. The number of anilines is 1. The first-order valence-corrected chi connectivity index (χ1v) is 11.1. The van der Waals surface area contributed by atoms with E-state index in [-0.39, 0.29) is 24.0 Å². The van der Waals surface area contributed by atoms with Crippen LogP contribution in [-0.4, -0.2) is 83.4 Å². The van der Waals surface area contributed by atoms with Gasteiger partial charge < -0.3 is 14.4 Å². The molecule has 0 unspecified atom stereocenters. The van der Waals surface area contributed by atoms with Crippen molar-refractivity contribution in [3.63, 3.8) is 0 Å². The first-order valence-electron chi connectivity index (χ1n) is 9.25. The second-order valence-corrected chi connectivity index (χ2v) is 9.37. The monoisotopic (exact) mass is 413 g/mol. The summed E-state index contributed by atoms with van der Waals surface area (Å²) >= 11 is 0. The Balaban J connectivity index is 2.43. The predicted molar refractivity (Wildman–Crippen MR) is 109 cm³/mol. The maximum Gasteiger partial charge on any atom is 0.257 e. The van der Waals surface area contributed by atoms with Crippen LogP contribution in [0.1, 0.15) is 24.2 Å². The van der Waals surface area contributed by atoms with Crippen molar-refractivity contribution in [1.29, 1.82) is 0 Å². The van der Waals surface area contributed by atoms with Gasteiger partial charge >= 0.3 is 0 Å². The Morgan fingerprint density at radius 3 is 2.50 bits per heavy atom. The van der Waals surface area contributed by atoms with Crippen molar-refractivity contribution in [3.05, 3.63) is 23.8 Å². The third kappa shape index (κ3) is 5.83. The molecule has 1 aromatic rings. The normalized spacial score (nSPS) is 25.3. The smallest absolute Gasteiger partial charge is 0.257 e. The van der Waals surface area contributed by atoms with E-state index in [2.05, 4.69) is 23.5 Å². The zero-order valence-electron chi connectivity index (χ0n) is 17.4. The molecule has 0 bridgehead atoms. The van der Waals surface area contributed by atoms with Gasteiger partial charge in [0.2, 0.25) is 10.0 Å². The maximum atomic E-state index is 13.1. The van der Waals surface area contributed by atoms with Gasteiger partial charge in [0.05, 0.1) is 17.9 Å². The number of nitrogens with zero attached hydrogens (tertiary/aromatic N) is 2. The van der Waals surface area contributed by atoms with Gasteiger partial charge in [0.25, 0.3) is 5.91 Å². The summed E-state index contributed by atoms with van der Waals surface area (Å²) in [4.78, 5) is 16.9. The van der Waals surface area contributed by atoms with Crippen LogP contribution >= 0.6 is 0 Å². The maximum absolute atomic E-state index is 13.1. The first kappa shape index (κ1) is 22.4. The molecular weight excluding hydrogens is 382 g/mol. The Labute approximate surface area is 167 Å². The number of sulfonamides is 1. The van der Waals surface area contributed by atoms with Crippen LogP contribution in [0.15, 0.2) is 18.2 Å². The summed E-state index contributed by atoms with van der Waals surface area (Å²) in [6, 6.07) is 4.87. The third-order valence-electron chi connectivity index (χ3n) is 5.06. The van der Waals surface area contributed by atoms with Crippen molar-refractivity contribution >= 4 is 21.6 Å². The molecule has 1 aliphatic rings. The molecule has 0 saturated heterocycles. The van der Waals surface area contributed by atoms with Gasteiger partial charge in [-0.25, -0.2) is 8.42 Å². The van der Waals surface area contributed by atoms with E-state index in [0.717, 1.165) is 12.8 Å². The van der Waals surface area contributed by atoms with Crippen molar-refractivity contribution < 1.29 is 22.7 Å². The Morgan fingerprint density at radius 1 is 1.21 bits per heavy atom. The molecule has 3 atom stereocenters. The Hall–Kier alpha value is -1.84. The second kappa shape index (κ2) is 9.11. The summed E-state index contributed by atoms with van der Waals surface area (Å²) in [7, 11) is 1.95. The van der Waals surface area contributed by atoms with Crippen LogP contribution in [-0.2, 0) is 14.8 Å². The average molecular weight is 414 g/mol. The molecular formula is C19H31N3O5S. The molecule has 1 heterocycles. The molecule has 0 radical (unpaired) electrons. The van der Waals surface area contributed by atoms with Crippen molar-refractivity contribution in [2.75, 3.05) is 51.9 Å². The SMILES string of the molecule is CO[C@@H]1CN(C)C(=O)c2cc(NS(C)(=O)=O)ccc2OC[C@@H](C)N(C)C[C@H]1C. The summed E-state index contributed by atoms with van der Waals surface area (Å²) in [5, 5.41) is 0. The molecule has 158 valence electrons. The lowest BCUT2D eigenvalue weighted by Crippen LogP contribution is -2.45. The van der Waals surface area contributed by atoms with E-state index in [0.29, 0.717) is 30.2 Å². The van der Waals surface area contributed by atoms with Crippen molar-refractivity contribution in [3.8, 4) is 5.75 Å². The van der Waals surface area contributed by atoms with E-state index < -0.39 is 10.0 Å². The summed E-state index contributed by atoms with van der Waals surface area (Å²) in [6.07, 6.45) is 0.948. The molecule has 8 nitrogen and oxygen atoms in total. The minimum absolute atomic E-state index is 0.121. The first-order chi connectivity index (χ1) is 13.0. The summed E-state index contributed by atoms with van der Waals surface area (Å²) in [5.41, 5.74) is 0.634. The number of carbonyl (C=O) groups is 1. The number of likely N-dealkylation sites (N-methyl/N-ethyl adjacent to an activating group) is 2. The van der Waals surface area contributed by atoms with Crippen molar-refractivity contribution in [2.24, 2.45) is 5.92 Å². The number of amides is 1. The van der Waals surface area contributed by atoms with Gasteiger partial charge in [0.15, 0.2) is 0 Å². The number of carbonyl (C=O) groups excluding carboxylic acids is 1. The van der Waals surface area contributed by atoms with Crippen molar-refractivity contribution in [1.82, 2.24) is 9.80 Å². The zero-order chi connectivity index (χ0) is 21.1. The lowest BCUT2D eigenvalue weighted by atomic mass is 10.0. The number of nitrogens with one attached hydrogen (secondary N) is 1. The molecule has 1 N–H and O–H groups in total. The highest BCUT2D eigenvalue weighted by molar-refractivity contribution is 7.92. The van der Waals surface area contributed by atoms with Crippen LogP contribution in [0.4, 0.5) is 5.69 Å². The molecule has 1 aliphatic heterocycles. The van der Waals surface area contributed by atoms with E-state index in [1.165, 1.54) is 6.07 Å². The molecule has 1 amide bonds. The minimum Gasteiger partial charge on any atom is -0.491 e. The van der Waals surface area contributed by atoms with Gasteiger partial charge in [0, 0.05) is 39.0 Å². The van der Waals surface area contributed by atoms with E-state index in [9.17, 15) is 13.2 Å². The number of hydrogen-bond donors (Lipinski definition) is 1. The largest absolute Gasteiger partial charge is 0.491 e. The van der Waals surface area contributed by atoms with E-state index in [1.54, 1.807) is 31.2 Å². The van der Waals surface area contributed by atoms with Gasteiger partial charge in [-0.1, -0.05) is 6.92 Å². The number of ether oxygens (including phenoxy) is 2. The number of fused-ring (bicyclic) bond motifs is 1. The molecule has 0 aliphatic carbocycles. The van der Waals surface area contributed by atoms with Crippen LogP contribution in [0.3, 0.4) is 0 Å². The Kier molecular flexibility index (Phi) is 7.30. The number of methoxy groups -OCH3 is 1. The summed E-state index contributed by atoms with van der Waals surface area (Å²) in [6.45, 7) is 5.80. The fourth-order valence-electron chi connectivity index (χ4n) is 3.24. The summed E-state index contributed by atoms with van der Waals surface area (Å²) < 4.78 is 37.1. The standard InChI is InChI=1S/C19H31N3O5S/c1-13-10-21(3)14(2)12-27-17-8-7-15(20-28(6,24)25)9-16(17)19(23)22(4)11-18(13)26-5/h7-9,13-14,18,20H,10-12H2,1-6H3/t13-,14-,18-/m1/s1. The van der Waals surface area contributed by atoms with Gasteiger partial charge in [0.1, 0.15) is 12.4 Å². The van der Waals surface area contributed by atoms with Crippen LogP contribution < -0.4 is 9.46 Å². The van der Waals surface area contributed by atoms with Crippen LogP contribution in [0.25, 0.3) is 0 Å². The van der Waals surface area contributed by atoms with Crippen LogP contribution in [0, 0.1) is 5.92 Å². The molecule has 28 heavy (non-hydrogen) atoms. The second-order valence-electron chi connectivity index (χ2n) is 7.62. The fraction of sp³-hybridized carbons (Fsp3) is 0.632. The van der Waals surface area contributed by atoms with Gasteiger partial charge in [-0.2, -0.15) is 0 Å². The van der Waals surface area contributed by atoms with Crippen LogP contribution in [0.2, 0.25) is 0 Å². The number of benzene rings is 1. The highest BCUT2D eigenvalue weighted by Crippen LogP contribution is 2.26. The predicted octanol–water partition coefficient (Wildman–Crippen LogP) is 1.49. The van der Waals surface area contributed by atoms with E-state index in [1.807, 2.05) is 7.05 Å². The number of hydrogen-bond acceptors (Lipinski definition) is 6. The minimum atomic E-state index is -3.45. The molecule has 1 aromatic carbocycles. The van der Waals surface area contributed by atoms with Gasteiger partial charge in [-0.15, -0.1) is 0 Å². The highest BCUT2D eigenvalue weighted by atomic mass is 32.2. The lowest BCUT2D eigenvalue weighted by molar-refractivity contribution is 0.0150. The van der Waals surface area contributed by atoms with E-state index >= 15 is 0 Å². The third-order valence-corrected chi connectivity index (χ3v) is 5.67. The van der Waals surface area contributed by atoms with Crippen molar-refractivity contribution in [2.45, 2.75) is 26.0 Å². The molecule has 2 rings (SSSR count). The molecule has 0 saturated carbocycles. The number of rotatable bonds is 3. The topological polar surface area (TPSA) is 88.2 Å². The summed E-state index contributed by atoms with van der Waals surface area (Å²) in [5.74, 6) is 0.395. The fourth-order valence-corrected chi connectivity index (χ4v) is 3.79. The molecule has 0 aromatic heterocycles. The van der Waals surface area contributed by atoms with Gasteiger partial charge in [-0.05, 0) is 38.1 Å². The molecule has 9 heteroatoms. The Bertz CT molecular complexity index is 799.